The molecule has 4 rings (SSSR count). The number of halogens is 1. The van der Waals surface area contributed by atoms with Gasteiger partial charge >= 0.3 is 0 Å². The van der Waals surface area contributed by atoms with E-state index in [1.54, 1.807) is 73.7 Å². The third-order valence-electron chi connectivity index (χ3n) is 7.07. The van der Waals surface area contributed by atoms with Gasteiger partial charge < -0.3 is 10.2 Å². The Hall–Kier alpha value is -3.72. The number of hydrogen-bond donors (Lipinski definition) is 1. The lowest BCUT2D eigenvalue weighted by Crippen LogP contribution is -2.53. The Balaban J connectivity index is 1.65. The van der Waals surface area contributed by atoms with Crippen molar-refractivity contribution in [2.45, 2.75) is 62.6 Å². The van der Waals surface area contributed by atoms with Crippen LogP contribution < -0.4 is 9.62 Å². The minimum absolute atomic E-state index is 0.0263. The first-order chi connectivity index (χ1) is 18.8. The first-order valence-corrected chi connectivity index (χ1v) is 14.7. The van der Waals surface area contributed by atoms with Gasteiger partial charge in [-0.15, -0.1) is 0 Å². The van der Waals surface area contributed by atoms with E-state index in [1.807, 2.05) is 0 Å². The van der Waals surface area contributed by atoms with Crippen LogP contribution in [0.2, 0.25) is 0 Å². The first kappa shape index (κ1) is 28.3. The normalized spacial score (nSPS) is 14.8. The summed E-state index contributed by atoms with van der Waals surface area (Å²) in [5.41, 5.74) is 0.542. The minimum atomic E-state index is -4.12. The summed E-state index contributed by atoms with van der Waals surface area (Å²) in [6, 6.07) is 21.3. The van der Waals surface area contributed by atoms with Crippen molar-refractivity contribution in [3.05, 3.63) is 96.3 Å². The zero-order valence-electron chi connectivity index (χ0n) is 22.0. The standard InChI is InChI=1S/C30H34FN3O4S/c1-23(30(36)32-25-14-5-2-6-15-25)33(21-24-13-11-12-20-28(24)31)29(35)22-34(26-16-7-3-8-17-26)39(37,38)27-18-9-4-10-19-27/h3-4,7-13,16-20,23,25H,2,5-6,14-15,21-22H2,1H3,(H,32,36). The van der Waals surface area contributed by atoms with Gasteiger partial charge in [-0.1, -0.05) is 73.9 Å². The second kappa shape index (κ2) is 12.9. The van der Waals surface area contributed by atoms with Crippen molar-refractivity contribution in [2.24, 2.45) is 0 Å². The van der Waals surface area contributed by atoms with Crippen molar-refractivity contribution < 1.29 is 22.4 Å². The molecule has 7 nitrogen and oxygen atoms in total. The Labute approximate surface area is 229 Å². The maximum atomic E-state index is 14.6. The molecule has 1 fully saturated rings. The number of hydrogen-bond acceptors (Lipinski definition) is 4. The highest BCUT2D eigenvalue weighted by molar-refractivity contribution is 7.92. The number of rotatable bonds is 10. The fourth-order valence-electron chi connectivity index (χ4n) is 4.80. The number of carbonyl (C=O) groups excluding carboxylic acids is 2. The number of nitrogens with zero attached hydrogens (tertiary/aromatic N) is 2. The molecule has 0 aliphatic heterocycles. The lowest BCUT2D eigenvalue weighted by atomic mass is 9.95. The van der Waals surface area contributed by atoms with E-state index in [2.05, 4.69) is 5.32 Å². The molecule has 206 valence electrons. The largest absolute Gasteiger partial charge is 0.352 e. The van der Waals surface area contributed by atoms with Gasteiger partial charge in [-0.2, -0.15) is 0 Å². The molecule has 1 aliphatic rings. The van der Waals surface area contributed by atoms with E-state index in [9.17, 15) is 22.4 Å². The third kappa shape index (κ3) is 7.03. The summed E-state index contributed by atoms with van der Waals surface area (Å²) < 4.78 is 43.0. The van der Waals surface area contributed by atoms with Crippen LogP contribution in [0, 0.1) is 5.82 Å². The number of para-hydroxylation sites is 1. The smallest absolute Gasteiger partial charge is 0.264 e. The quantitative estimate of drug-likeness (QED) is 0.389. The van der Waals surface area contributed by atoms with E-state index >= 15 is 0 Å². The lowest BCUT2D eigenvalue weighted by Gasteiger charge is -2.33. The number of nitrogens with one attached hydrogen (secondary N) is 1. The summed E-state index contributed by atoms with van der Waals surface area (Å²) >= 11 is 0. The fourth-order valence-corrected chi connectivity index (χ4v) is 6.24. The monoisotopic (exact) mass is 551 g/mol. The van der Waals surface area contributed by atoms with E-state index in [1.165, 1.54) is 23.1 Å². The van der Waals surface area contributed by atoms with Gasteiger partial charge in [-0.3, -0.25) is 13.9 Å². The van der Waals surface area contributed by atoms with Crippen LogP contribution in [0.4, 0.5) is 10.1 Å². The molecule has 1 N–H and O–H groups in total. The molecule has 3 aromatic carbocycles. The van der Waals surface area contributed by atoms with Crippen LogP contribution in [0.15, 0.2) is 89.8 Å². The molecular formula is C30H34FN3O4S. The van der Waals surface area contributed by atoms with Gasteiger partial charge in [-0.05, 0) is 50.1 Å². The zero-order valence-corrected chi connectivity index (χ0v) is 22.8. The van der Waals surface area contributed by atoms with Crippen LogP contribution in [-0.2, 0) is 26.2 Å². The fraction of sp³-hybridized carbons (Fsp3) is 0.333. The van der Waals surface area contributed by atoms with Crippen molar-refractivity contribution in [3.8, 4) is 0 Å². The molecule has 0 radical (unpaired) electrons. The number of carbonyl (C=O) groups is 2. The van der Waals surface area contributed by atoms with Crippen LogP contribution in [0.1, 0.15) is 44.6 Å². The van der Waals surface area contributed by atoms with Crippen LogP contribution in [0.5, 0.6) is 0 Å². The second-order valence-electron chi connectivity index (χ2n) is 9.79. The Morgan fingerprint density at radius 1 is 0.897 bits per heavy atom. The molecule has 0 bridgehead atoms. The van der Waals surface area contributed by atoms with Crippen molar-refractivity contribution in [1.29, 1.82) is 0 Å². The topological polar surface area (TPSA) is 86.8 Å². The molecule has 2 amide bonds. The molecule has 0 heterocycles. The van der Waals surface area contributed by atoms with E-state index < -0.39 is 34.3 Å². The molecule has 1 unspecified atom stereocenters. The molecule has 0 spiro atoms. The number of benzene rings is 3. The van der Waals surface area contributed by atoms with Crippen molar-refractivity contribution in [2.75, 3.05) is 10.8 Å². The maximum Gasteiger partial charge on any atom is 0.264 e. The Bertz CT molecular complexity index is 1360. The van der Waals surface area contributed by atoms with Crippen LogP contribution in [0.3, 0.4) is 0 Å². The van der Waals surface area contributed by atoms with Crippen LogP contribution in [-0.4, -0.2) is 43.8 Å². The predicted octanol–water partition coefficient (Wildman–Crippen LogP) is 4.89. The lowest BCUT2D eigenvalue weighted by molar-refractivity contribution is -0.139. The van der Waals surface area contributed by atoms with E-state index in [0.717, 1.165) is 36.4 Å². The summed E-state index contributed by atoms with van der Waals surface area (Å²) in [4.78, 5) is 28.4. The summed E-state index contributed by atoms with van der Waals surface area (Å²) in [5, 5.41) is 3.04. The summed E-state index contributed by atoms with van der Waals surface area (Å²) in [6.07, 6.45) is 4.93. The van der Waals surface area contributed by atoms with Gasteiger partial charge in [0.2, 0.25) is 11.8 Å². The molecule has 0 aromatic heterocycles. The van der Waals surface area contributed by atoms with Crippen LogP contribution in [0.25, 0.3) is 0 Å². The molecule has 9 heteroatoms. The molecule has 3 aromatic rings. The van der Waals surface area contributed by atoms with E-state index in [4.69, 9.17) is 0 Å². The zero-order chi connectivity index (χ0) is 27.8. The highest BCUT2D eigenvalue weighted by Crippen LogP contribution is 2.25. The van der Waals surface area contributed by atoms with Gasteiger partial charge in [0, 0.05) is 18.2 Å². The number of anilines is 1. The highest BCUT2D eigenvalue weighted by Gasteiger charge is 2.33. The first-order valence-electron chi connectivity index (χ1n) is 13.2. The van der Waals surface area contributed by atoms with Crippen molar-refractivity contribution >= 4 is 27.5 Å². The van der Waals surface area contributed by atoms with E-state index in [-0.39, 0.29) is 29.0 Å². The van der Waals surface area contributed by atoms with Gasteiger partial charge in [0.05, 0.1) is 10.6 Å². The molecule has 39 heavy (non-hydrogen) atoms. The second-order valence-corrected chi connectivity index (χ2v) is 11.7. The average Bonchev–Trinajstić information content (AvgIpc) is 2.96. The number of sulfonamides is 1. The molecule has 1 aliphatic carbocycles. The van der Waals surface area contributed by atoms with Gasteiger partial charge in [-0.25, -0.2) is 12.8 Å². The molecule has 0 saturated heterocycles. The molecule has 1 saturated carbocycles. The minimum Gasteiger partial charge on any atom is -0.352 e. The van der Waals surface area contributed by atoms with Crippen molar-refractivity contribution in [1.82, 2.24) is 10.2 Å². The molecule has 1 atom stereocenters. The van der Waals surface area contributed by atoms with Gasteiger partial charge in [0.1, 0.15) is 18.4 Å². The third-order valence-corrected chi connectivity index (χ3v) is 8.86. The van der Waals surface area contributed by atoms with E-state index in [0.29, 0.717) is 5.69 Å². The summed E-state index contributed by atoms with van der Waals surface area (Å²) in [5.74, 6) is -1.47. The summed E-state index contributed by atoms with van der Waals surface area (Å²) in [7, 11) is -4.12. The Kier molecular flexibility index (Phi) is 9.35. The SMILES string of the molecule is CC(C(=O)NC1CCCCC1)N(Cc1ccccc1F)C(=O)CN(c1ccccc1)S(=O)(=O)c1ccccc1. The maximum absolute atomic E-state index is 14.6. The average molecular weight is 552 g/mol. The Morgan fingerprint density at radius 2 is 1.49 bits per heavy atom. The molecular weight excluding hydrogens is 517 g/mol. The van der Waals surface area contributed by atoms with Gasteiger partial charge in [0.15, 0.2) is 0 Å². The van der Waals surface area contributed by atoms with Crippen LogP contribution >= 0.6 is 0 Å². The Morgan fingerprint density at radius 3 is 2.13 bits per heavy atom. The van der Waals surface area contributed by atoms with Gasteiger partial charge in [0.25, 0.3) is 10.0 Å². The predicted molar refractivity (Wildman–Crippen MR) is 149 cm³/mol. The summed E-state index contributed by atoms with van der Waals surface area (Å²) in [6.45, 7) is 0.852. The highest BCUT2D eigenvalue weighted by atomic mass is 32.2. The van der Waals surface area contributed by atoms with Crippen molar-refractivity contribution in [3.63, 3.8) is 0 Å². The number of amides is 2.